The Morgan fingerprint density at radius 3 is 2.57 bits per heavy atom. The number of carbonyl (C=O) groups excluding carboxylic acids is 1. The van der Waals surface area contributed by atoms with Gasteiger partial charge in [-0.15, -0.1) is 0 Å². The summed E-state index contributed by atoms with van der Waals surface area (Å²) in [4.78, 5) is 12.8. The Morgan fingerprint density at radius 2 is 1.76 bits per heavy atom. The van der Waals surface area contributed by atoms with Gasteiger partial charge in [0, 0.05) is 11.1 Å². The van der Waals surface area contributed by atoms with Crippen LogP contribution in [0, 0.1) is 0 Å². The first-order valence-electron chi connectivity index (χ1n) is 8.00. The number of Topliss-reactive ketones (excluding diaryl/α,β-unsaturated/α-hetero) is 1. The van der Waals surface area contributed by atoms with Crippen molar-refractivity contribution in [2.24, 2.45) is 0 Å². The average molecular weight is 278 g/mol. The highest BCUT2D eigenvalue weighted by Gasteiger charge is 2.29. The van der Waals surface area contributed by atoms with Crippen molar-refractivity contribution in [3.63, 3.8) is 0 Å². The topological polar surface area (TPSA) is 17.1 Å². The lowest BCUT2D eigenvalue weighted by Gasteiger charge is -2.17. The molecule has 108 valence electrons. The van der Waals surface area contributed by atoms with Crippen LogP contribution in [0.15, 0.2) is 47.1 Å². The lowest BCUT2D eigenvalue weighted by Crippen LogP contribution is -2.12. The van der Waals surface area contributed by atoms with Crippen LogP contribution in [0.3, 0.4) is 0 Å². The molecule has 0 amide bonds. The Kier molecular flexibility index (Phi) is 3.92. The highest BCUT2D eigenvalue weighted by molar-refractivity contribution is 6.26. The number of ketones is 1. The third-order valence-electron chi connectivity index (χ3n) is 4.48. The van der Waals surface area contributed by atoms with Crippen LogP contribution in [0.5, 0.6) is 0 Å². The Morgan fingerprint density at radius 1 is 0.952 bits per heavy atom. The van der Waals surface area contributed by atoms with E-state index in [9.17, 15) is 4.79 Å². The molecule has 0 saturated heterocycles. The van der Waals surface area contributed by atoms with Crippen LogP contribution in [-0.2, 0) is 4.79 Å². The second-order valence-electron chi connectivity index (χ2n) is 6.00. The van der Waals surface area contributed by atoms with Crippen molar-refractivity contribution in [3.05, 3.63) is 58.2 Å². The van der Waals surface area contributed by atoms with E-state index >= 15 is 0 Å². The third-order valence-corrected chi connectivity index (χ3v) is 4.48. The molecule has 0 spiro atoms. The number of fused-ring (bicyclic) bond motifs is 3. The summed E-state index contributed by atoms with van der Waals surface area (Å²) in [6.45, 7) is 4.30. The maximum atomic E-state index is 12.8. The predicted octanol–water partition coefficient (Wildman–Crippen LogP) is 5.34. The predicted molar refractivity (Wildman–Crippen MR) is 88.9 cm³/mol. The molecule has 0 aromatic heterocycles. The number of rotatable bonds is 5. The van der Waals surface area contributed by atoms with Crippen LogP contribution in [-0.4, -0.2) is 5.78 Å². The molecule has 0 bridgehead atoms. The van der Waals surface area contributed by atoms with Gasteiger partial charge in [-0.2, -0.15) is 0 Å². The maximum absolute atomic E-state index is 12.8. The smallest absolute Gasteiger partial charge is 0.189 e. The van der Waals surface area contributed by atoms with Gasteiger partial charge in [0.05, 0.1) is 0 Å². The SMILES string of the molecule is CCCCCCC1=C(C)C=C2C(=Cc3ccccc32)C1=O. The number of allylic oxidation sites excluding steroid dienone is 5. The van der Waals surface area contributed by atoms with E-state index in [0.29, 0.717) is 0 Å². The average Bonchev–Trinajstić information content (AvgIpc) is 2.85. The molecule has 0 heterocycles. The molecule has 0 atom stereocenters. The fourth-order valence-electron chi connectivity index (χ4n) is 3.27. The molecule has 0 unspecified atom stereocenters. The Labute approximate surface area is 127 Å². The van der Waals surface area contributed by atoms with Gasteiger partial charge in [0.1, 0.15) is 0 Å². The zero-order valence-electron chi connectivity index (χ0n) is 12.9. The number of unbranched alkanes of at least 4 members (excludes halogenated alkanes) is 3. The summed E-state index contributed by atoms with van der Waals surface area (Å²) in [6, 6.07) is 8.27. The molecule has 2 aliphatic rings. The van der Waals surface area contributed by atoms with Crippen LogP contribution >= 0.6 is 0 Å². The summed E-state index contributed by atoms with van der Waals surface area (Å²) < 4.78 is 0. The van der Waals surface area contributed by atoms with Crippen molar-refractivity contribution in [3.8, 4) is 0 Å². The lowest BCUT2D eigenvalue weighted by atomic mass is 9.85. The van der Waals surface area contributed by atoms with Crippen LogP contribution in [0.25, 0.3) is 11.6 Å². The summed E-state index contributed by atoms with van der Waals surface area (Å²) in [5.41, 5.74) is 6.56. The highest BCUT2D eigenvalue weighted by Crippen LogP contribution is 2.41. The normalized spacial score (nSPS) is 16.6. The van der Waals surface area contributed by atoms with Crippen molar-refractivity contribution >= 4 is 17.4 Å². The maximum Gasteiger partial charge on any atom is 0.189 e. The Bertz CT molecular complexity index is 671. The van der Waals surface area contributed by atoms with E-state index in [0.717, 1.165) is 35.1 Å². The molecular formula is C20H22O. The molecule has 21 heavy (non-hydrogen) atoms. The van der Waals surface area contributed by atoms with Crippen LogP contribution in [0.4, 0.5) is 0 Å². The van der Waals surface area contributed by atoms with Crippen molar-refractivity contribution in [2.75, 3.05) is 0 Å². The molecule has 0 saturated carbocycles. The number of carbonyl (C=O) groups is 1. The highest BCUT2D eigenvalue weighted by atomic mass is 16.1. The van der Waals surface area contributed by atoms with Gasteiger partial charge in [0.2, 0.25) is 0 Å². The van der Waals surface area contributed by atoms with E-state index in [2.05, 4.69) is 38.1 Å². The van der Waals surface area contributed by atoms with E-state index in [4.69, 9.17) is 0 Å². The number of hydrogen-bond donors (Lipinski definition) is 0. The van der Waals surface area contributed by atoms with Crippen LogP contribution in [0.1, 0.15) is 57.1 Å². The van der Waals surface area contributed by atoms with Gasteiger partial charge in [-0.05, 0) is 48.1 Å². The fourth-order valence-corrected chi connectivity index (χ4v) is 3.27. The summed E-state index contributed by atoms with van der Waals surface area (Å²) in [7, 11) is 0. The largest absolute Gasteiger partial charge is 0.289 e. The summed E-state index contributed by atoms with van der Waals surface area (Å²) in [6.07, 6.45) is 10.0. The quantitative estimate of drug-likeness (QED) is 0.665. The van der Waals surface area contributed by atoms with Gasteiger partial charge in [-0.25, -0.2) is 0 Å². The van der Waals surface area contributed by atoms with Crippen molar-refractivity contribution in [1.29, 1.82) is 0 Å². The minimum absolute atomic E-state index is 0.248. The summed E-state index contributed by atoms with van der Waals surface area (Å²) >= 11 is 0. The van der Waals surface area contributed by atoms with Gasteiger partial charge >= 0.3 is 0 Å². The Hall–Kier alpha value is -1.89. The molecule has 0 N–H and O–H groups in total. The zero-order chi connectivity index (χ0) is 14.8. The first-order valence-corrected chi connectivity index (χ1v) is 8.00. The van der Waals surface area contributed by atoms with Crippen molar-refractivity contribution in [1.82, 2.24) is 0 Å². The fraction of sp³-hybridized carbons (Fsp3) is 0.350. The van der Waals surface area contributed by atoms with Gasteiger partial charge in [-0.1, -0.05) is 56.5 Å². The number of benzene rings is 1. The van der Waals surface area contributed by atoms with E-state index in [-0.39, 0.29) is 5.78 Å². The molecule has 0 fully saturated rings. The summed E-state index contributed by atoms with van der Waals surface area (Å²) in [5.74, 6) is 0.248. The van der Waals surface area contributed by atoms with Crippen molar-refractivity contribution in [2.45, 2.75) is 46.0 Å². The van der Waals surface area contributed by atoms with E-state index in [1.807, 2.05) is 12.1 Å². The molecular weight excluding hydrogens is 256 g/mol. The standard InChI is InChI=1S/C20H22O/c1-3-4-5-6-10-16-14(2)12-18-17-11-8-7-9-15(17)13-19(18)20(16)21/h7-9,11-13H,3-6,10H2,1-2H3. The van der Waals surface area contributed by atoms with Crippen molar-refractivity contribution < 1.29 is 4.79 Å². The molecule has 0 radical (unpaired) electrons. The van der Waals surface area contributed by atoms with Gasteiger partial charge in [-0.3, -0.25) is 4.79 Å². The first-order chi connectivity index (χ1) is 10.2. The zero-order valence-corrected chi connectivity index (χ0v) is 12.9. The third kappa shape index (κ3) is 2.53. The minimum Gasteiger partial charge on any atom is -0.289 e. The molecule has 1 heteroatoms. The first kappa shape index (κ1) is 14.1. The summed E-state index contributed by atoms with van der Waals surface area (Å²) in [5, 5.41) is 0. The molecule has 1 aromatic carbocycles. The van der Waals surface area contributed by atoms with E-state index in [1.54, 1.807) is 0 Å². The van der Waals surface area contributed by atoms with Gasteiger partial charge in [0.25, 0.3) is 0 Å². The van der Waals surface area contributed by atoms with Gasteiger partial charge < -0.3 is 0 Å². The second-order valence-corrected chi connectivity index (χ2v) is 6.00. The molecule has 2 aliphatic carbocycles. The lowest BCUT2D eigenvalue weighted by molar-refractivity contribution is -0.112. The van der Waals surface area contributed by atoms with Gasteiger partial charge in [0.15, 0.2) is 5.78 Å². The van der Waals surface area contributed by atoms with E-state index < -0.39 is 0 Å². The van der Waals surface area contributed by atoms with E-state index in [1.165, 1.54) is 30.4 Å². The monoisotopic (exact) mass is 278 g/mol. The van der Waals surface area contributed by atoms with Crippen LogP contribution < -0.4 is 0 Å². The molecule has 0 aliphatic heterocycles. The molecule has 1 aromatic rings. The second kappa shape index (κ2) is 5.85. The molecule has 1 nitrogen and oxygen atoms in total. The Balaban J connectivity index is 1.87. The number of hydrogen-bond acceptors (Lipinski definition) is 1. The van der Waals surface area contributed by atoms with Crippen LogP contribution in [0.2, 0.25) is 0 Å². The molecule has 3 rings (SSSR count). The minimum atomic E-state index is 0.248.